The van der Waals surface area contributed by atoms with E-state index in [9.17, 15) is 15.0 Å². The van der Waals surface area contributed by atoms with Crippen LogP contribution in [0.4, 0.5) is 0 Å². The molecule has 0 radical (unpaired) electrons. The third kappa shape index (κ3) is 56.3. The first kappa shape index (κ1) is 67.4. The van der Waals surface area contributed by atoms with Crippen LogP contribution in [0.3, 0.4) is 0 Å². The van der Waals surface area contributed by atoms with Gasteiger partial charge in [0, 0.05) is 6.42 Å². The number of aliphatic hydroxyl groups is 2. The topological polar surface area (TPSA) is 69.6 Å². The van der Waals surface area contributed by atoms with E-state index in [1.165, 1.54) is 334 Å². The van der Waals surface area contributed by atoms with Crippen molar-refractivity contribution in [1.29, 1.82) is 0 Å². The molecule has 0 aromatic heterocycles. The van der Waals surface area contributed by atoms with Gasteiger partial charge in [0.05, 0.1) is 18.8 Å². The molecule has 0 aliphatic rings. The molecule has 0 aliphatic carbocycles. The van der Waals surface area contributed by atoms with Gasteiger partial charge in [0.2, 0.25) is 5.91 Å². The highest BCUT2D eigenvalue weighted by atomic mass is 16.3. The number of rotatable bonds is 61. The average molecular weight is 961 g/mol. The molecule has 0 spiro atoms. The summed E-state index contributed by atoms with van der Waals surface area (Å²) < 4.78 is 0. The summed E-state index contributed by atoms with van der Waals surface area (Å²) >= 11 is 0. The summed E-state index contributed by atoms with van der Waals surface area (Å²) in [6.07, 6.45) is 78.5. The number of unbranched alkanes of at least 4 members (excludes halogenated alkanes) is 54. The van der Waals surface area contributed by atoms with Gasteiger partial charge in [-0.1, -0.05) is 367 Å². The lowest BCUT2D eigenvalue weighted by Gasteiger charge is -2.22. The smallest absolute Gasteiger partial charge is 0.220 e. The van der Waals surface area contributed by atoms with Crippen molar-refractivity contribution in [3.63, 3.8) is 0 Å². The molecule has 0 fully saturated rings. The fraction of sp³-hybridized carbons (Fsp3) is 0.984. The number of amides is 1. The molecule has 0 aliphatic heterocycles. The zero-order chi connectivity index (χ0) is 49.2. The normalized spacial score (nSPS) is 12.6. The average Bonchev–Trinajstić information content (AvgIpc) is 3.34. The van der Waals surface area contributed by atoms with Gasteiger partial charge in [-0.2, -0.15) is 0 Å². The zero-order valence-corrected chi connectivity index (χ0v) is 47.2. The minimum Gasteiger partial charge on any atom is -0.394 e. The Balaban J connectivity index is 3.36. The fourth-order valence-electron chi connectivity index (χ4n) is 10.7. The fourth-order valence-corrected chi connectivity index (χ4v) is 10.7. The van der Waals surface area contributed by atoms with E-state index in [1.54, 1.807) is 0 Å². The van der Waals surface area contributed by atoms with E-state index in [4.69, 9.17) is 0 Å². The second kappa shape index (κ2) is 60.7. The zero-order valence-electron chi connectivity index (χ0n) is 47.2. The van der Waals surface area contributed by atoms with Crippen LogP contribution >= 0.6 is 0 Å². The van der Waals surface area contributed by atoms with Crippen LogP contribution in [-0.4, -0.2) is 34.9 Å². The maximum Gasteiger partial charge on any atom is 0.220 e. The van der Waals surface area contributed by atoms with E-state index in [1.807, 2.05) is 0 Å². The molecular weight excluding hydrogens is 831 g/mol. The molecule has 0 rings (SSSR count). The summed E-state index contributed by atoms with van der Waals surface area (Å²) in [6.45, 7) is 4.42. The molecule has 408 valence electrons. The van der Waals surface area contributed by atoms with Crippen molar-refractivity contribution in [3.05, 3.63) is 0 Å². The van der Waals surface area contributed by atoms with Crippen molar-refractivity contribution in [2.45, 2.75) is 398 Å². The van der Waals surface area contributed by atoms with Crippen molar-refractivity contribution in [2.75, 3.05) is 6.61 Å². The third-order valence-corrected chi connectivity index (χ3v) is 15.6. The van der Waals surface area contributed by atoms with Crippen molar-refractivity contribution < 1.29 is 15.0 Å². The van der Waals surface area contributed by atoms with Crippen LogP contribution in [0.25, 0.3) is 0 Å². The van der Waals surface area contributed by atoms with E-state index in [-0.39, 0.29) is 12.5 Å². The summed E-state index contributed by atoms with van der Waals surface area (Å²) in [5.41, 5.74) is 0. The molecule has 4 nitrogen and oxygen atoms in total. The predicted molar refractivity (Wildman–Crippen MR) is 304 cm³/mol. The van der Waals surface area contributed by atoms with Crippen LogP contribution in [0.5, 0.6) is 0 Å². The van der Waals surface area contributed by atoms with Gasteiger partial charge in [-0.15, -0.1) is 0 Å². The number of hydrogen-bond donors (Lipinski definition) is 3. The van der Waals surface area contributed by atoms with Gasteiger partial charge in [-0.25, -0.2) is 0 Å². The van der Waals surface area contributed by atoms with Crippen LogP contribution in [0.2, 0.25) is 0 Å². The number of hydrogen-bond acceptors (Lipinski definition) is 3. The Morgan fingerprint density at radius 1 is 0.294 bits per heavy atom. The molecule has 0 heterocycles. The Bertz CT molecular complexity index is 910. The van der Waals surface area contributed by atoms with E-state index >= 15 is 0 Å². The number of aliphatic hydroxyl groups excluding tert-OH is 2. The molecule has 0 aromatic rings. The van der Waals surface area contributed by atoms with Gasteiger partial charge in [0.25, 0.3) is 0 Å². The molecule has 0 bridgehead atoms. The lowest BCUT2D eigenvalue weighted by Crippen LogP contribution is -2.45. The van der Waals surface area contributed by atoms with Crippen LogP contribution in [0.15, 0.2) is 0 Å². The van der Waals surface area contributed by atoms with Gasteiger partial charge < -0.3 is 15.5 Å². The van der Waals surface area contributed by atoms with Gasteiger partial charge in [0.15, 0.2) is 0 Å². The molecule has 3 N–H and O–H groups in total. The SMILES string of the molecule is CCCCCCCCCCCCCCCCCCCCCCCCCCCCCCCCCCC(O)C(CO)NC(=O)CCCCCCCCCCCCCCCCCCCCCCCCCC. The van der Waals surface area contributed by atoms with Crippen LogP contribution in [-0.2, 0) is 4.79 Å². The highest BCUT2D eigenvalue weighted by molar-refractivity contribution is 5.76. The van der Waals surface area contributed by atoms with Crippen molar-refractivity contribution in [1.82, 2.24) is 5.32 Å². The molecule has 68 heavy (non-hydrogen) atoms. The maximum absolute atomic E-state index is 12.5. The summed E-state index contributed by atoms with van der Waals surface area (Å²) in [5.74, 6) is -0.0204. The first-order chi connectivity index (χ1) is 33.7. The van der Waals surface area contributed by atoms with Gasteiger partial charge in [-0.3, -0.25) is 4.79 Å². The molecule has 2 unspecified atom stereocenters. The van der Waals surface area contributed by atoms with E-state index in [2.05, 4.69) is 19.2 Å². The molecule has 0 saturated carbocycles. The van der Waals surface area contributed by atoms with Crippen LogP contribution in [0, 0.1) is 0 Å². The Labute approximate surface area is 429 Å². The standard InChI is InChI=1S/C64H129NO3/c1-3-5-7-9-11-13-15-17-19-21-23-25-27-29-30-31-32-33-34-35-36-37-39-41-43-45-47-49-51-53-55-57-59-63(67)62(61-66)65-64(68)60-58-56-54-52-50-48-46-44-42-40-38-28-26-24-22-20-18-16-14-12-10-8-6-4-2/h62-63,66-67H,3-61H2,1-2H3,(H,65,68). The monoisotopic (exact) mass is 960 g/mol. The van der Waals surface area contributed by atoms with Crippen molar-refractivity contribution in [3.8, 4) is 0 Å². The van der Waals surface area contributed by atoms with Crippen molar-refractivity contribution >= 4 is 5.91 Å². The first-order valence-electron chi connectivity index (χ1n) is 32.2. The van der Waals surface area contributed by atoms with Crippen molar-refractivity contribution in [2.24, 2.45) is 0 Å². The second-order valence-electron chi connectivity index (χ2n) is 22.6. The summed E-state index contributed by atoms with van der Waals surface area (Å²) in [6, 6.07) is -0.532. The van der Waals surface area contributed by atoms with E-state index in [0.29, 0.717) is 12.8 Å². The predicted octanol–water partition coefficient (Wildman–Crippen LogP) is 21.5. The Morgan fingerprint density at radius 3 is 0.662 bits per heavy atom. The van der Waals surface area contributed by atoms with Gasteiger partial charge in [0.1, 0.15) is 0 Å². The van der Waals surface area contributed by atoms with Crippen LogP contribution in [0.1, 0.15) is 386 Å². The second-order valence-corrected chi connectivity index (χ2v) is 22.6. The van der Waals surface area contributed by atoms with Crippen LogP contribution < -0.4 is 5.32 Å². The number of nitrogens with one attached hydrogen (secondary N) is 1. The molecule has 4 heteroatoms. The quantitative estimate of drug-likeness (QED) is 0.0532. The molecule has 0 aromatic carbocycles. The Morgan fingerprint density at radius 2 is 0.471 bits per heavy atom. The Hall–Kier alpha value is -0.610. The number of carbonyl (C=O) groups is 1. The highest BCUT2D eigenvalue weighted by Gasteiger charge is 2.20. The summed E-state index contributed by atoms with van der Waals surface area (Å²) in [5, 5.41) is 23.4. The van der Waals surface area contributed by atoms with E-state index in [0.717, 1.165) is 25.7 Å². The van der Waals surface area contributed by atoms with E-state index < -0.39 is 12.1 Å². The highest BCUT2D eigenvalue weighted by Crippen LogP contribution is 2.19. The lowest BCUT2D eigenvalue weighted by molar-refractivity contribution is -0.123. The minimum absolute atomic E-state index is 0.0204. The summed E-state index contributed by atoms with van der Waals surface area (Å²) in [7, 11) is 0. The molecule has 2 atom stereocenters. The molecule has 0 saturated heterocycles. The summed E-state index contributed by atoms with van der Waals surface area (Å²) in [4.78, 5) is 12.5. The van der Waals surface area contributed by atoms with Gasteiger partial charge in [-0.05, 0) is 12.8 Å². The third-order valence-electron chi connectivity index (χ3n) is 15.6. The number of carbonyl (C=O) groups excluding carboxylic acids is 1. The Kier molecular flexibility index (Phi) is 60.1. The largest absolute Gasteiger partial charge is 0.394 e. The lowest BCUT2D eigenvalue weighted by atomic mass is 10.0. The molecule has 1 amide bonds. The first-order valence-corrected chi connectivity index (χ1v) is 32.2. The maximum atomic E-state index is 12.5. The molecular formula is C64H129NO3. The minimum atomic E-state index is -0.656. The van der Waals surface area contributed by atoms with Gasteiger partial charge >= 0.3 is 0 Å².